The second-order valence-electron chi connectivity index (χ2n) is 4.09. The molecule has 0 aliphatic heterocycles. The van der Waals surface area contributed by atoms with Gasteiger partial charge in [-0.3, -0.25) is 0 Å². The Labute approximate surface area is 120 Å². The van der Waals surface area contributed by atoms with Crippen LogP contribution in [0.3, 0.4) is 0 Å². The number of benzene rings is 1. The molecule has 21 heavy (non-hydrogen) atoms. The van der Waals surface area contributed by atoms with Crippen molar-refractivity contribution >= 4 is 23.2 Å². The second kappa shape index (κ2) is 6.08. The summed E-state index contributed by atoms with van der Waals surface area (Å²) in [7, 11) is 2.64. The third kappa shape index (κ3) is 3.02. The van der Waals surface area contributed by atoms with Crippen molar-refractivity contribution in [3.63, 3.8) is 0 Å². The number of methoxy groups -OCH3 is 2. The van der Waals surface area contributed by atoms with E-state index in [0.717, 1.165) is 0 Å². The van der Waals surface area contributed by atoms with E-state index in [1.807, 2.05) is 0 Å². The Morgan fingerprint density at radius 3 is 2.71 bits per heavy atom. The van der Waals surface area contributed by atoms with Crippen molar-refractivity contribution in [2.24, 2.45) is 0 Å². The maximum atomic E-state index is 13.6. The molecule has 0 fully saturated rings. The third-order valence-electron chi connectivity index (χ3n) is 2.81. The SMILES string of the molecule is COC(=O)c1ccnc(Nc2ccc(OC)c(F)c2)c1N. The van der Waals surface area contributed by atoms with Gasteiger partial charge in [0.25, 0.3) is 0 Å². The number of rotatable bonds is 4. The highest BCUT2D eigenvalue weighted by atomic mass is 19.1. The van der Waals surface area contributed by atoms with E-state index in [2.05, 4.69) is 15.0 Å². The molecule has 0 saturated carbocycles. The van der Waals surface area contributed by atoms with Gasteiger partial charge in [0.2, 0.25) is 0 Å². The van der Waals surface area contributed by atoms with E-state index >= 15 is 0 Å². The van der Waals surface area contributed by atoms with Gasteiger partial charge >= 0.3 is 5.97 Å². The highest BCUT2D eigenvalue weighted by Gasteiger charge is 2.14. The van der Waals surface area contributed by atoms with Crippen LogP contribution in [0.1, 0.15) is 10.4 Å². The molecule has 0 amide bonds. The summed E-state index contributed by atoms with van der Waals surface area (Å²) in [6.45, 7) is 0. The molecule has 0 bridgehead atoms. The fraction of sp³-hybridized carbons (Fsp3) is 0.143. The Kier molecular flexibility index (Phi) is 4.22. The predicted octanol–water partition coefficient (Wildman–Crippen LogP) is 2.34. The number of carbonyl (C=O) groups excluding carboxylic acids is 1. The lowest BCUT2D eigenvalue weighted by atomic mass is 10.2. The van der Waals surface area contributed by atoms with Crippen LogP contribution >= 0.6 is 0 Å². The number of nitrogens with one attached hydrogen (secondary N) is 1. The van der Waals surface area contributed by atoms with Gasteiger partial charge in [-0.15, -0.1) is 0 Å². The van der Waals surface area contributed by atoms with Crippen LogP contribution < -0.4 is 15.8 Å². The molecule has 2 aromatic rings. The van der Waals surface area contributed by atoms with Crippen LogP contribution in [0.4, 0.5) is 21.6 Å². The number of anilines is 3. The molecule has 7 heteroatoms. The van der Waals surface area contributed by atoms with Crippen molar-refractivity contribution in [1.29, 1.82) is 0 Å². The largest absolute Gasteiger partial charge is 0.494 e. The lowest BCUT2D eigenvalue weighted by molar-refractivity contribution is 0.0602. The van der Waals surface area contributed by atoms with Gasteiger partial charge in [0.15, 0.2) is 17.4 Å². The van der Waals surface area contributed by atoms with E-state index in [9.17, 15) is 9.18 Å². The average Bonchev–Trinajstić information content (AvgIpc) is 2.49. The first-order valence-corrected chi connectivity index (χ1v) is 6.00. The topological polar surface area (TPSA) is 86.5 Å². The molecule has 0 spiro atoms. The number of hydrogen-bond donors (Lipinski definition) is 2. The molecule has 1 aromatic heterocycles. The monoisotopic (exact) mass is 291 g/mol. The molecule has 0 aliphatic carbocycles. The molecule has 1 heterocycles. The minimum Gasteiger partial charge on any atom is -0.494 e. The maximum absolute atomic E-state index is 13.6. The standard InChI is InChI=1S/C14H14FN3O3/c1-20-11-4-3-8(7-10(11)15)18-13-12(16)9(5-6-17-13)14(19)21-2/h3-7H,16H2,1-2H3,(H,17,18). The van der Waals surface area contributed by atoms with Crippen molar-refractivity contribution in [3.8, 4) is 5.75 Å². The van der Waals surface area contributed by atoms with Crippen molar-refractivity contribution < 1.29 is 18.7 Å². The van der Waals surface area contributed by atoms with Crippen LogP contribution in [-0.2, 0) is 4.74 Å². The first-order valence-electron chi connectivity index (χ1n) is 6.00. The third-order valence-corrected chi connectivity index (χ3v) is 2.81. The van der Waals surface area contributed by atoms with Gasteiger partial charge in [-0.1, -0.05) is 0 Å². The molecule has 1 aromatic carbocycles. The van der Waals surface area contributed by atoms with Gasteiger partial charge in [0.1, 0.15) is 0 Å². The van der Waals surface area contributed by atoms with Crippen LogP contribution in [-0.4, -0.2) is 25.2 Å². The van der Waals surface area contributed by atoms with E-state index in [1.54, 1.807) is 6.07 Å². The normalized spacial score (nSPS) is 10.0. The number of nitrogen functional groups attached to an aromatic ring is 1. The van der Waals surface area contributed by atoms with Crippen LogP contribution in [0.2, 0.25) is 0 Å². The average molecular weight is 291 g/mol. The van der Waals surface area contributed by atoms with E-state index in [1.165, 1.54) is 38.6 Å². The van der Waals surface area contributed by atoms with Gasteiger partial charge in [0.05, 0.1) is 25.5 Å². The van der Waals surface area contributed by atoms with Crippen molar-refractivity contribution in [1.82, 2.24) is 4.98 Å². The molecule has 0 aliphatic rings. The van der Waals surface area contributed by atoms with Gasteiger partial charge in [-0.25, -0.2) is 14.2 Å². The predicted molar refractivity (Wildman–Crippen MR) is 76.2 cm³/mol. The quantitative estimate of drug-likeness (QED) is 0.841. The van der Waals surface area contributed by atoms with Crippen LogP contribution in [0, 0.1) is 5.82 Å². The van der Waals surface area contributed by atoms with Crippen LogP contribution in [0.25, 0.3) is 0 Å². The Balaban J connectivity index is 2.32. The summed E-state index contributed by atoms with van der Waals surface area (Å²) >= 11 is 0. The summed E-state index contributed by atoms with van der Waals surface area (Å²) in [5, 5.41) is 2.84. The maximum Gasteiger partial charge on any atom is 0.340 e. The molecular formula is C14H14FN3O3. The van der Waals surface area contributed by atoms with Gasteiger partial charge in [-0.2, -0.15) is 0 Å². The van der Waals surface area contributed by atoms with Crippen molar-refractivity contribution in [2.75, 3.05) is 25.3 Å². The molecule has 0 saturated heterocycles. The molecule has 2 rings (SSSR count). The lowest BCUT2D eigenvalue weighted by Crippen LogP contribution is -2.09. The fourth-order valence-electron chi connectivity index (χ4n) is 1.74. The number of hydrogen-bond acceptors (Lipinski definition) is 6. The number of aromatic nitrogens is 1. The van der Waals surface area contributed by atoms with Gasteiger partial charge in [-0.05, 0) is 18.2 Å². The van der Waals surface area contributed by atoms with E-state index in [-0.39, 0.29) is 22.8 Å². The van der Waals surface area contributed by atoms with E-state index in [4.69, 9.17) is 10.5 Å². The number of nitrogens with zero attached hydrogens (tertiary/aromatic N) is 1. The minimum atomic E-state index is -0.570. The first-order chi connectivity index (χ1) is 10.1. The number of ether oxygens (including phenoxy) is 2. The Morgan fingerprint density at radius 2 is 2.10 bits per heavy atom. The zero-order valence-electron chi connectivity index (χ0n) is 11.5. The zero-order chi connectivity index (χ0) is 15.4. The first kappa shape index (κ1) is 14.6. The smallest absolute Gasteiger partial charge is 0.340 e. The molecular weight excluding hydrogens is 277 g/mol. The molecule has 3 N–H and O–H groups in total. The second-order valence-corrected chi connectivity index (χ2v) is 4.09. The number of esters is 1. The molecule has 6 nitrogen and oxygen atoms in total. The summed E-state index contributed by atoms with van der Waals surface area (Å²) in [6.07, 6.45) is 1.41. The minimum absolute atomic E-state index is 0.126. The fourth-order valence-corrected chi connectivity index (χ4v) is 1.74. The number of carbonyl (C=O) groups is 1. The number of pyridine rings is 1. The molecule has 0 atom stereocenters. The van der Waals surface area contributed by atoms with Crippen molar-refractivity contribution in [2.45, 2.75) is 0 Å². The summed E-state index contributed by atoms with van der Waals surface area (Å²) in [6, 6.07) is 5.76. The summed E-state index contributed by atoms with van der Waals surface area (Å²) in [4.78, 5) is 15.6. The van der Waals surface area contributed by atoms with E-state index in [0.29, 0.717) is 5.69 Å². The zero-order valence-corrected chi connectivity index (χ0v) is 11.5. The summed E-state index contributed by atoms with van der Waals surface area (Å²) in [5.41, 5.74) is 6.59. The summed E-state index contributed by atoms with van der Waals surface area (Å²) < 4.78 is 23.1. The molecule has 0 radical (unpaired) electrons. The van der Waals surface area contributed by atoms with Crippen LogP contribution in [0.5, 0.6) is 5.75 Å². The Bertz CT molecular complexity index is 677. The molecule has 110 valence electrons. The van der Waals surface area contributed by atoms with Gasteiger partial charge in [0, 0.05) is 18.0 Å². The highest BCUT2D eigenvalue weighted by molar-refractivity contribution is 5.97. The molecule has 0 unspecified atom stereocenters. The van der Waals surface area contributed by atoms with Gasteiger partial charge < -0.3 is 20.5 Å². The summed E-state index contributed by atoms with van der Waals surface area (Å²) in [5.74, 6) is -0.726. The van der Waals surface area contributed by atoms with Crippen molar-refractivity contribution in [3.05, 3.63) is 41.8 Å². The number of nitrogens with two attached hydrogens (primary N) is 1. The Morgan fingerprint density at radius 1 is 1.33 bits per heavy atom. The highest BCUT2D eigenvalue weighted by Crippen LogP contribution is 2.27. The lowest BCUT2D eigenvalue weighted by Gasteiger charge is -2.11. The van der Waals surface area contributed by atoms with Crippen LogP contribution in [0.15, 0.2) is 30.5 Å². The van der Waals surface area contributed by atoms with E-state index < -0.39 is 11.8 Å². The Hall–Kier alpha value is -2.83. The number of halogens is 1.